The van der Waals surface area contributed by atoms with E-state index in [1.165, 1.54) is 9.21 Å². The predicted molar refractivity (Wildman–Crippen MR) is 69.3 cm³/mol. The zero-order chi connectivity index (χ0) is 14.5. The van der Waals surface area contributed by atoms with Crippen molar-refractivity contribution >= 4 is 22.1 Å². The highest BCUT2D eigenvalue weighted by Crippen LogP contribution is 2.28. The summed E-state index contributed by atoms with van der Waals surface area (Å²) in [7, 11) is -3.74. The Labute approximate surface area is 116 Å². The van der Waals surface area contributed by atoms with E-state index in [2.05, 4.69) is 4.40 Å². The van der Waals surface area contributed by atoms with Crippen LogP contribution in [-0.4, -0.2) is 71.5 Å². The molecule has 0 aromatic heterocycles. The maximum Gasteiger partial charge on any atom is 0.344 e. The molecule has 2 atom stereocenters. The van der Waals surface area contributed by atoms with Crippen LogP contribution in [0.15, 0.2) is 4.40 Å². The number of nitrogens with zero attached hydrogens (tertiary/aromatic N) is 4. The molecule has 3 N–H and O–H groups in total. The van der Waals surface area contributed by atoms with Crippen LogP contribution in [0.4, 0.5) is 4.79 Å². The smallest absolute Gasteiger partial charge is 0.344 e. The molecule has 0 aliphatic carbocycles. The molecule has 0 saturated carbocycles. The minimum atomic E-state index is -3.74. The summed E-state index contributed by atoms with van der Waals surface area (Å²) in [4.78, 5) is 13.2. The maximum atomic E-state index is 11.9. The fourth-order valence-electron chi connectivity index (χ4n) is 2.73. The zero-order valence-corrected chi connectivity index (χ0v) is 11.7. The third kappa shape index (κ3) is 2.03. The van der Waals surface area contributed by atoms with Crippen molar-refractivity contribution < 1.29 is 18.4 Å². The van der Waals surface area contributed by atoms with Gasteiger partial charge in [-0.2, -0.15) is 12.7 Å². The molecular weight excluding hydrogens is 286 g/mol. The first-order valence-electron chi connectivity index (χ1n) is 6.54. The quantitative estimate of drug-likeness (QED) is 0.392. The Morgan fingerprint density at radius 3 is 2.65 bits per heavy atom. The highest BCUT2D eigenvalue weighted by Gasteiger charge is 2.46. The summed E-state index contributed by atoms with van der Waals surface area (Å²) in [5.74, 6) is -0.0843. The number of rotatable bonds is 3. The Bertz CT molecular complexity index is 558. The summed E-state index contributed by atoms with van der Waals surface area (Å²) in [5.41, 5.74) is 5.79. The van der Waals surface area contributed by atoms with E-state index in [1.54, 1.807) is 0 Å². The van der Waals surface area contributed by atoms with Crippen molar-refractivity contribution in [1.29, 1.82) is 0 Å². The zero-order valence-electron chi connectivity index (χ0n) is 10.8. The second kappa shape index (κ2) is 4.57. The van der Waals surface area contributed by atoms with E-state index in [0.717, 1.165) is 6.42 Å². The van der Waals surface area contributed by atoms with E-state index in [0.29, 0.717) is 37.5 Å². The number of carbonyl (C=O) groups excluding carboxylic acids is 1. The van der Waals surface area contributed by atoms with Crippen LogP contribution in [0, 0.1) is 0 Å². The standard InChI is InChI=1S/C10H17N5O4S/c11-9(12-20(18,19)13-4-1-5-13)8-3-2-7-6-14(8)10(16)15(7)17/h7-8,17H,1-6H2,(H2,11,12). The Morgan fingerprint density at radius 1 is 1.35 bits per heavy atom. The molecule has 10 heteroatoms. The summed E-state index contributed by atoms with van der Waals surface area (Å²) in [6.07, 6.45) is 1.89. The average Bonchev–Trinajstić information content (AvgIpc) is 2.51. The lowest BCUT2D eigenvalue weighted by Gasteiger charge is -2.31. The van der Waals surface area contributed by atoms with E-state index in [9.17, 15) is 18.4 Å². The molecule has 2 bridgehead atoms. The first-order valence-corrected chi connectivity index (χ1v) is 7.94. The van der Waals surface area contributed by atoms with Gasteiger partial charge in [0.2, 0.25) is 0 Å². The van der Waals surface area contributed by atoms with Gasteiger partial charge in [-0.1, -0.05) is 0 Å². The van der Waals surface area contributed by atoms with Crippen molar-refractivity contribution in [3.05, 3.63) is 0 Å². The van der Waals surface area contributed by atoms with E-state index in [4.69, 9.17) is 5.73 Å². The Morgan fingerprint density at radius 2 is 2.05 bits per heavy atom. The molecule has 0 radical (unpaired) electrons. The number of urea groups is 1. The summed E-state index contributed by atoms with van der Waals surface area (Å²) in [5, 5.41) is 10.3. The Kier molecular flexibility index (Phi) is 3.10. The van der Waals surface area contributed by atoms with Crippen molar-refractivity contribution in [2.24, 2.45) is 10.1 Å². The lowest BCUT2D eigenvalue weighted by atomic mass is 10.0. The van der Waals surface area contributed by atoms with Crippen LogP contribution in [0.3, 0.4) is 0 Å². The average molecular weight is 303 g/mol. The second-order valence-corrected chi connectivity index (χ2v) is 6.87. The van der Waals surface area contributed by atoms with Crippen LogP contribution in [0.2, 0.25) is 0 Å². The molecular formula is C10H17N5O4S. The molecule has 9 nitrogen and oxygen atoms in total. The number of fused-ring (bicyclic) bond motifs is 2. The summed E-state index contributed by atoms with van der Waals surface area (Å²) >= 11 is 0. The van der Waals surface area contributed by atoms with Crippen molar-refractivity contribution in [2.45, 2.75) is 31.3 Å². The summed E-state index contributed by atoms with van der Waals surface area (Å²) < 4.78 is 28.7. The van der Waals surface area contributed by atoms with Gasteiger partial charge in [0.15, 0.2) is 0 Å². The fraction of sp³-hybridized carbons (Fsp3) is 0.800. The SMILES string of the molecule is N/C(=N\S(=O)(=O)N1CCC1)C1CCC2CN1C(=O)N2O. The van der Waals surface area contributed by atoms with Crippen molar-refractivity contribution in [2.75, 3.05) is 19.6 Å². The van der Waals surface area contributed by atoms with Crippen LogP contribution in [0.25, 0.3) is 0 Å². The van der Waals surface area contributed by atoms with Gasteiger partial charge in [-0.15, -0.1) is 4.40 Å². The normalized spacial score (nSPS) is 31.6. The van der Waals surface area contributed by atoms with E-state index in [1.807, 2.05) is 0 Å². The first-order chi connectivity index (χ1) is 9.40. The van der Waals surface area contributed by atoms with Gasteiger partial charge in [0, 0.05) is 19.6 Å². The molecule has 112 valence electrons. The summed E-state index contributed by atoms with van der Waals surface area (Å²) in [6.45, 7) is 1.26. The van der Waals surface area contributed by atoms with Crippen LogP contribution >= 0.6 is 0 Å². The molecule has 3 fully saturated rings. The van der Waals surface area contributed by atoms with Gasteiger partial charge in [0.1, 0.15) is 5.84 Å². The summed E-state index contributed by atoms with van der Waals surface area (Å²) in [6, 6.07) is -1.34. The minimum absolute atomic E-state index is 0.0843. The molecule has 2 amide bonds. The number of amides is 2. The molecule has 3 saturated heterocycles. The third-order valence-corrected chi connectivity index (χ3v) is 5.51. The molecule has 0 spiro atoms. The van der Waals surface area contributed by atoms with Crippen LogP contribution in [0.1, 0.15) is 19.3 Å². The molecule has 3 aliphatic heterocycles. The van der Waals surface area contributed by atoms with Crippen LogP contribution in [-0.2, 0) is 10.2 Å². The van der Waals surface area contributed by atoms with Crippen molar-refractivity contribution in [1.82, 2.24) is 14.3 Å². The Balaban J connectivity index is 1.80. The lowest BCUT2D eigenvalue weighted by molar-refractivity contribution is -0.0583. The molecule has 0 aromatic carbocycles. The maximum absolute atomic E-state index is 11.9. The second-order valence-electron chi connectivity index (χ2n) is 5.27. The number of nitrogens with two attached hydrogens (primary N) is 1. The van der Waals surface area contributed by atoms with Gasteiger partial charge in [0.05, 0.1) is 12.1 Å². The number of piperidine rings is 1. The van der Waals surface area contributed by atoms with Gasteiger partial charge >= 0.3 is 16.2 Å². The van der Waals surface area contributed by atoms with Crippen molar-refractivity contribution in [3.8, 4) is 0 Å². The van der Waals surface area contributed by atoms with Gasteiger partial charge in [-0.05, 0) is 19.3 Å². The lowest BCUT2D eigenvalue weighted by Crippen LogP contribution is -2.49. The van der Waals surface area contributed by atoms with E-state index < -0.39 is 22.3 Å². The topological polar surface area (TPSA) is 120 Å². The number of hydrogen-bond acceptors (Lipinski definition) is 4. The largest absolute Gasteiger partial charge is 0.385 e. The third-order valence-electron chi connectivity index (χ3n) is 4.05. The number of hydroxylamine groups is 2. The van der Waals surface area contributed by atoms with E-state index in [-0.39, 0.29) is 11.9 Å². The first kappa shape index (κ1) is 13.6. The van der Waals surface area contributed by atoms with Gasteiger partial charge in [-0.3, -0.25) is 5.21 Å². The highest BCUT2D eigenvalue weighted by molar-refractivity contribution is 7.88. The molecule has 3 rings (SSSR count). The van der Waals surface area contributed by atoms with Crippen LogP contribution in [0.5, 0.6) is 0 Å². The van der Waals surface area contributed by atoms with Crippen molar-refractivity contribution in [3.63, 3.8) is 0 Å². The number of hydrogen-bond donors (Lipinski definition) is 2. The van der Waals surface area contributed by atoms with Gasteiger partial charge < -0.3 is 10.6 Å². The number of amidine groups is 1. The predicted octanol–water partition coefficient (Wildman–Crippen LogP) is -1.05. The molecule has 20 heavy (non-hydrogen) atoms. The monoisotopic (exact) mass is 303 g/mol. The minimum Gasteiger partial charge on any atom is -0.385 e. The molecule has 0 aromatic rings. The van der Waals surface area contributed by atoms with Gasteiger partial charge in [0.25, 0.3) is 0 Å². The molecule has 2 unspecified atom stereocenters. The van der Waals surface area contributed by atoms with Gasteiger partial charge in [-0.25, -0.2) is 9.86 Å². The number of carbonyl (C=O) groups is 1. The Hall–Kier alpha value is -1.39. The van der Waals surface area contributed by atoms with Crippen LogP contribution < -0.4 is 5.73 Å². The highest BCUT2D eigenvalue weighted by atomic mass is 32.2. The molecule has 3 aliphatic rings. The fourth-order valence-corrected chi connectivity index (χ4v) is 3.95. The van der Waals surface area contributed by atoms with E-state index >= 15 is 0 Å². The molecule has 3 heterocycles.